The number of fused-ring (bicyclic) bond motifs is 1. The van der Waals surface area contributed by atoms with Crippen molar-refractivity contribution in [3.8, 4) is 0 Å². The summed E-state index contributed by atoms with van der Waals surface area (Å²) in [6.45, 7) is 3.08. The van der Waals surface area contributed by atoms with Gasteiger partial charge in [0.1, 0.15) is 0 Å². The molecule has 1 aromatic heterocycles. The predicted molar refractivity (Wildman–Crippen MR) is 81.8 cm³/mol. The molecule has 0 aliphatic carbocycles. The van der Waals surface area contributed by atoms with E-state index in [1.54, 1.807) is 0 Å². The first-order valence-corrected chi connectivity index (χ1v) is 7.39. The van der Waals surface area contributed by atoms with E-state index in [4.69, 9.17) is 4.74 Å². The zero-order chi connectivity index (χ0) is 14.0. The lowest BCUT2D eigenvalue weighted by Gasteiger charge is -2.40. The average Bonchev–Trinajstić information content (AvgIpc) is 2.48. The summed E-state index contributed by atoms with van der Waals surface area (Å²) in [6, 6.07) is 10.8. The molecule has 0 saturated carbocycles. The Hall–Kier alpha value is -1.45. The largest absolute Gasteiger partial charge is 0.373 e. The molecule has 106 valence electrons. The Morgan fingerprint density at radius 3 is 2.95 bits per heavy atom. The van der Waals surface area contributed by atoms with E-state index in [1.165, 1.54) is 23.8 Å². The number of likely N-dealkylation sites (N-methyl/N-ethyl adjacent to an activating group) is 1. The second-order valence-electron chi connectivity index (χ2n) is 5.80. The van der Waals surface area contributed by atoms with Crippen LogP contribution in [0.2, 0.25) is 0 Å². The summed E-state index contributed by atoms with van der Waals surface area (Å²) in [5.41, 5.74) is 2.17. The van der Waals surface area contributed by atoms with Gasteiger partial charge in [0, 0.05) is 18.2 Å². The van der Waals surface area contributed by atoms with Crippen LogP contribution >= 0.6 is 0 Å². The Morgan fingerprint density at radius 2 is 2.20 bits per heavy atom. The molecule has 3 nitrogen and oxygen atoms in total. The zero-order valence-electron chi connectivity index (χ0n) is 12.2. The molecule has 1 fully saturated rings. The van der Waals surface area contributed by atoms with E-state index >= 15 is 0 Å². The number of hydrogen-bond acceptors (Lipinski definition) is 3. The molecule has 2 aromatic rings. The Kier molecular flexibility index (Phi) is 3.72. The van der Waals surface area contributed by atoms with Gasteiger partial charge in [0.15, 0.2) is 0 Å². The van der Waals surface area contributed by atoms with Crippen LogP contribution in [0.4, 0.5) is 0 Å². The van der Waals surface area contributed by atoms with Gasteiger partial charge in [0.05, 0.1) is 17.2 Å². The Balaban J connectivity index is 1.98. The molecule has 0 amide bonds. The van der Waals surface area contributed by atoms with E-state index in [9.17, 15) is 0 Å². The molecule has 0 radical (unpaired) electrons. The normalized spacial score (nSPS) is 24.7. The van der Waals surface area contributed by atoms with Gasteiger partial charge in [0.25, 0.3) is 0 Å². The molecular formula is C17H22N2O. The topological polar surface area (TPSA) is 34.2 Å². The van der Waals surface area contributed by atoms with Crippen molar-refractivity contribution in [2.45, 2.75) is 37.8 Å². The van der Waals surface area contributed by atoms with E-state index in [1.807, 2.05) is 19.3 Å². The van der Waals surface area contributed by atoms with Crippen LogP contribution in [0.3, 0.4) is 0 Å². The lowest BCUT2D eigenvalue weighted by molar-refractivity contribution is -0.0884. The summed E-state index contributed by atoms with van der Waals surface area (Å²) in [5, 5.41) is 4.62. The van der Waals surface area contributed by atoms with Gasteiger partial charge in [-0.15, -0.1) is 0 Å². The summed E-state index contributed by atoms with van der Waals surface area (Å²) in [4.78, 5) is 4.46. The molecule has 1 aliphatic rings. The van der Waals surface area contributed by atoms with E-state index in [0.29, 0.717) is 0 Å². The first-order chi connectivity index (χ1) is 9.73. The van der Waals surface area contributed by atoms with Gasteiger partial charge in [-0.25, -0.2) is 0 Å². The number of ether oxygens (including phenoxy) is 1. The van der Waals surface area contributed by atoms with Crippen LogP contribution in [-0.2, 0) is 4.74 Å². The molecule has 20 heavy (non-hydrogen) atoms. The summed E-state index contributed by atoms with van der Waals surface area (Å²) in [6.07, 6.45) is 5.35. The second kappa shape index (κ2) is 5.51. The molecule has 2 heterocycles. The fraction of sp³-hybridized carbons (Fsp3) is 0.471. The number of rotatable bonds is 3. The van der Waals surface area contributed by atoms with Crippen LogP contribution in [0.25, 0.3) is 10.9 Å². The zero-order valence-corrected chi connectivity index (χ0v) is 12.2. The van der Waals surface area contributed by atoms with Crippen molar-refractivity contribution in [3.05, 3.63) is 42.1 Å². The molecule has 2 atom stereocenters. The number of pyridine rings is 1. The molecule has 0 spiro atoms. The molecule has 1 aromatic carbocycles. The van der Waals surface area contributed by atoms with Crippen LogP contribution in [0.5, 0.6) is 0 Å². The van der Waals surface area contributed by atoms with Crippen molar-refractivity contribution in [2.24, 2.45) is 0 Å². The Morgan fingerprint density at radius 1 is 1.30 bits per heavy atom. The highest BCUT2D eigenvalue weighted by molar-refractivity contribution is 5.79. The molecule has 3 rings (SSSR count). The average molecular weight is 270 g/mol. The number of nitrogens with zero attached hydrogens (tertiary/aromatic N) is 1. The van der Waals surface area contributed by atoms with Gasteiger partial charge in [-0.05, 0) is 50.9 Å². The van der Waals surface area contributed by atoms with Gasteiger partial charge in [-0.2, -0.15) is 0 Å². The minimum absolute atomic E-state index is 0.130. The van der Waals surface area contributed by atoms with Crippen molar-refractivity contribution < 1.29 is 4.74 Å². The standard InChI is InChI=1S/C17H22N2O/c1-17(9-3-4-11-20-17)16(18-2)14-8-7-13-6-5-10-19-15(13)12-14/h5-8,10,12,16,18H,3-4,9,11H2,1-2H3. The minimum atomic E-state index is -0.130. The van der Waals surface area contributed by atoms with Crippen molar-refractivity contribution in [1.29, 1.82) is 0 Å². The summed E-state index contributed by atoms with van der Waals surface area (Å²) < 4.78 is 6.10. The van der Waals surface area contributed by atoms with E-state index in [0.717, 1.165) is 18.5 Å². The monoisotopic (exact) mass is 270 g/mol. The smallest absolute Gasteiger partial charge is 0.0848 e. The number of benzene rings is 1. The third kappa shape index (κ3) is 2.43. The quantitative estimate of drug-likeness (QED) is 0.927. The highest BCUT2D eigenvalue weighted by atomic mass is 16.5. The van der Waals surface area contributed by atoms with E-state index in [-0.39, 0.29) is 11.6 Å². The first kappa shape index (κ1) is 13.5. The lowest BCUT2D eigenvalue weighted by atomic mass is 9.84. The maximum Gasteiger partial charge on any atom is 0.0848 e. The maximum absolute atomic E-state index is 6.10. The van der Waals surface area contributed by atoms with Crippen LogP contribution in [-0.4, -0.2) is 24.2 Å². The molecule has 1 saturated heterocycles. The van der Waals surface area contributed by atoms with E-state index < -0.39 is 0 Å². The van der Waals surface area contributed by atoms with Crippen LogP contribution < -0.4 is 5.32 Å². The molecule has 0 bridgehead atoms. The van der Waals surface area contributed by atoms with Crippen molar-refractivity contribution in [2.75, 3.05) is 13.7 Å². The third-order valence-corrected chi connectivity index (χ3v) is 4.36. The van der Waals surface area contributed by atoms with Gasteiger partial charge in [-0.3, -0.25) is 4.98 Å². The van der Waals surface area contributed by atoms with Crippen molar-refractivity contribution in [3.63, 3.8) is 0 Å². The van der Waals surface area contributed by atoms with Crippen molar-refractivity contribution >= 4 is 10.9 Å². The summed E-state index contributed by atoms with van der Waals surface area (Å²) in [7, 11) is 2.01. The molecule has 1 aliphatic heterocycles. The molecule has 2 unspecified atom stereocenters. The van der Waals surface area contributed by atoms with Crippen LogP contribution in [0.1, 0.15) is 37.8 Å². The minimum Gasteiger partial charge on any atom is -0.373 e. The molecular weight excluding hydrogens is 248 g/mol. The summed E-state index contributed by atoms with van der Waals surface area (Å²) in [5.74, 6) is 0. The highest BCUT2D eigenvalue weighted by Gasteiger charge is 2.36. The van der Waals surface area contributed by atoms with Gasteiger partial charge >= 0.3 is 0 Å². The van der Waals surface area contributed by atoms with Crippen LogP contribution in [0.15, 0.2) is 36.5 Å². The van der Waals surface area contributed by atoms with E-state index in [2.05, 4.69) is 41.5 Å². The maximum atomic E-state index is 6.10. The second-order valence-corrected chi connectivity index (χ2v) is 5.80. The van der Waals surface area contributed by atoms with Crippen LogP contribution in [0, 0.1) is 0 Å². The van der Waals surface area contributed by atoms with Gasteiger partial charge < -0.3 is 10.1 Å². The van der Waals surface area contributed by atoms with Crippen molar-refractivity contribution in [1.82, 2.24) is 10.3 Å². The molecule has 1 N–H and O–H groups in total. The van der Waals surface area contributed by atoms with Gasteiger partial charge in [-0.1, -0.05) is 18.2 Å². The lowest BCUT2D eigenvalue weighted by Crippen LogP contribution is -2.44. The number of hydrogen-bond donors (Lipinski definition) is 1. The highest BCUT2D eigenvalue weighted by Crippen LogP contribution is 2.36. The SMILES string of the molecule is CNC(c1ccc2cccnc2c1)C1(C)CCCCO1. The fourth-order valence-electron chi connectivity index (χ4n) is 3.27. The summed E-state index contributed by atoms with van der Waals surface area (Å²) >= 11 is 0. The number of nitrogens with one attached hydrogen (secondary N) is 1. The fourth-order valence-corrected chi connectivity index (χ4v) is 3.27. The first-order valence-electron chi connectivity index (χ1n) is 7.39. The Labute approximate surface area is 120 Å². The Bertz CT molecular complexity index is 590. The van der Waals surface area contributed by atoms with Gasteiger partial charge in [0.2, 0.25) is 0 Å². The molecule has 3 heteroatoms. The number of aromatic nitrogens is 1. The predicted octanol–water partition coefficient (Wildman–Crippen LogP) is 3.45. The third-order valence-electron chi connectivity index (χ3n) is 4.36.